The summed E-state index contributed by atoms with van der Waals surface area (Å²) in [5.74, 6) is 0. The van der Waals surface area contributed by atoms with E-state index in [-0.39, 0.29) is 0 Å². The summed E-state index contributed by atoms with van der Waals surface area (Å²) >= 11 is 2.47. The van der Waals surface area contributed by atoms with Crippen LogP contribution in [0.3, 0.4) is 0 Å². The first-order valence-corrected chi connectivity index (χ1v) is 9.45. The normalized spacial score (nSPS) is 12.3. The molecule has 0 aromatic rings. The van der Waals surface area contributed by atoms with E-state index in [1.54, 1.807) is 0 Å². The van der Waals surface area contributed by atoms with Crippen molar-refractivity contribution in [3.05, 3.63) is 36.5 Å². The van der Waals surface area contributed by atoms with Crippen LogP contribution in [0.4, 0.5) is 0 Å². The third kappa shape index (κ3) is 17.9. The van der Waals surface area contributed by atoms with E-state index in [9.17, 15) is 0 Å². The van der Waals surface area contributed by atoms with Crippen LogP contribution in [0.5, 0.6) is 0 Å². The summed E-state index contributed by atoms with van der Waals surface area (Å²) < 4.78 is 1.32. The van der Waals surface area contributed by atoms with Gasteiger partial charge in [0, 0.05) is 0 Å². The smallest absolute Gasteiger partial charge is 0.000473 e. The molecule has 0 atom stereocenters. The number of hydrogen-bond donors (Lipinski definition) is 0. The monoisotopic (exact) mass is 374 g/mol. The van der Waals surface area contributed by atoms with Crippen LogP contribution in [0.2, 0.25) is 0 Å². The van der Waals surface area contributed by atoms with Crippen molar-refractivity contribution in [3.8, 4) is 0 Å². The Hall–Kier alpha value is -0.0500. The lowest BCUT2D eigenvalue weighted by molar-refractivity contribution is 0.614. The average molecular weight is 374 g/mol. The van der Waals surface area contributed by atoms with E-state index in [4.69, 9.17) is 0 Å². The summed E-state index contributed by atoms with van der Waals surface area (Å²) in [5.41, 5.74) is 0. The van der Waals surface area contributed by atoms with Gasteiger partial charge >= 0.3 is 0 Å². The minimum Gasteiger partial charge on any atom is -0.0885 e. The zero-order chi connectivity index (χ0) is 14.0. The lowest BCUT2D eigenvalue weighted by atomic mass is 10.1. The Morgan fingerprint density at radius 3 is 1.79 bits per heavy atom. The van der Waals surface area contributed by atoms with Crippen molar-refractivity contribution >= 4 is 22.6 Å². The van der Waals surface area contributed by atoms with E-state index in [0.29, 0.717) is 0 Å². The summed E-state index contributed by atoms with van der Waals surface area (Å²) in [6.07, 6.45) is 26.7. The third-order valence-corrected chi connectivity index (χ3v) is 3.80. The standard InChI is InChI=1S/C18H31I/c1-2-3-4-5-6-7-8-9-10-11-12-13-14-15-16-17-18-19/h3-4,6-7,9-10H,2,5,8,11-18H2,1H3. The number of unbranched alkanes of at least 4 members (excludes halogenated alkanes) is 6. The second-order valence-electron chi connectivity index (χ2n) is 4.89. The fourth-order valence-electron chi connectivity index (χ4n) is 1.89. The van der Waals surface area contributed by atoms with Crippen molar-refractivity contribution in [2.75, 3.05) is 4.43 Å². The maximum absolute atomic E-state index is 2.47. The molecule has 0 aliphatic rings. The van der Waals surface area contributed by atoms with Crippen LogP contribution in [0, 0.1) is 0 Å². The predicted octanol–water partition coefficient (Wildman–Crippen LogP) is 7.01. The topological polar surface area (TPSA) is 0 Å². The van der Waals surface area contributed by atoms with Crippen LogP contribution < -0.4 is 0 Å². The molecular weight excluding hydrogens is 343 g/mol. The lowest BCUT2D eigenvalue weighted by Gasteiger charge is -1.98. The number of rotatable bonds is 13. The summed E-state index contributed by atoms with van der Waals surface area (Å²) in [7, 11) is 0. The zero-order valence-electron chi connectivity index (χ0n) is 12.6. The van der Waals surface area contributed by atoms with Gasteiger partial charge in [-0.1, -0.05) is 91.7 Å². The van der Waals surface area contributed by atoms with Gasteiger partial charge in [0.15, 0.2) is 0 Å². The average Bonchev–Trinajstić information content (AvgIpc) is 2.43. The molecule has 1 heteroatoms. The Bertz CT molecular complexity index is 238. The highest BCUT2D eigenvalue weighted by Crippen LogP contribution is 2.08. The largest absolute Gasteiger partial charge is 0.0885 e. The molecule has 0 amide bonds. The van der Waals surface area contributed by atoms with Gasteiger partial charge in [0.05, 0.1) is 0 Å². The summed E-state index contributed by atoms with van der Waals surface area (Å²) in [4.78, 5) is 0. The van der Waals surface area contributed by atoms with Crippen molar-refractivity contribution in [1.29, 1.82) is 0 Å². The van der Waals surface area contributed by atoms with Crippen LogP contribution in [-0.2, 0) is 0 Å². The molecule has 0 aromatic carbocycles. The fourth-order valence-corrected chi connectivity index (χ4v) is 2.43. The Labute approximate surface area is 134 Å². The van der Waals surface area contributed by atoms with E-state index in [1.165, 1.54) is 49.4 Å². The molecule has 0 radical (unpaired) electrons. The van der Waals surface area contributed by atoms with Crippen molar-refractivity contribution in [2.24, 2.45) is 0 Å². The Balaban J connectivity index is 3.19. The van der Waals surface area contributed by atoms with E-state index >= 15 is 0 Å². The highest BCUT2D eigenvalue weighted by atomic mass is 127. The SMILES string of the molecule is CCC=CCC=CCC=CCCCCCCCCI. The van der Waals surface area contributed by atoms with Gasteiger partial charge in [-0.15, -0.1) is 0 Å². The third-order valence-electron chi connectivity index (χ3n) is 3.03. The molecule has 0 bridgehead atoms. The summed E-state index contributed by atoms with van der Waals surface area (Å²) in [5, 5.41) is 0. The van der Waals surface area contributed by atoms with Gasteiger partial charge in [0.1, 0.15) is 0 Å². The van der Waals surface area contributed by atoms with E-state index < -0.39 is 0 Å². The van der Waals surface area contributed by atoms with Gasteiger partial charge in [0.25, 0.3) is 0 Å². The van der Waals surface area contributed by atoms with E-state index in [0.717, 1.165) is 19.3 Å². The number of alkyl halides is 1. The first-order valence-electron chi connectivity index (χ1n) is 7.92. The molecule has 0 fully saturated rings. The maximum atomic E-state index is 2.47. The molecule has 19 heavy (non-hydrogen) atoms. The molecule has 0 spiro atoms. The molecule has 0 aromatic heterocycles. The summed E-state index contributed by atoms with van der Waals surface area (Å²) in [6, 6.07) is 0. The fraction of sp³-hybridized carbons (Fsp3) is 0.667. The number of hydrogen-bond acceptors (Lipinski definition) is 0. The van der Waals surface area contributed by atoms with Crippen LogP contribution in [0.15, 0.2) is 36.5 Å². The molecule has 0 aliphatic heterocycles. The van der Waals surface area contributed by atoms with Gasteiger partial charge in [-0.05, 0) is 43.0 Å². The molecule has 0 saturated heterocycles. The Morgan fingerprint density at radius 1 is 0.632 bits per heavy atom. The van der Waals surface area contributed by atoms with Gasteiger partial charge in [-0.2, -0.15) is 0 Å². The van der Waals surface area contributed by atoms with Crippen LogP contribution in [-0.4, -0.2) is 4.43 Å². The Morgan fingerprint density at radius 2 is 1.16 bits per heavy atom. The van der Waals surface area contributed by atoms with Gasteiger partial charge < -0.3 is 0 Å². The second kappa shape index (κ2) is 17.9. The molecule has 0 aliphatic carbocycles. The van der Waals surface area contributed by atoms with Gasteiger partial charge in [-0.25, -0.2) is 0 Å². The molecule has 0 saturated carbocycles. The highest BCUT2D eigenvalue weighted by Gasteiger charge is 1.89. The van der Waals surface area contributed by atoms with Gasteiger partial charge in [0.2, 0.25) is 0 Å². The summed E-state index contributed by atoms with van der Waals surface area (Å²) in [6.45, 7) is 2.17. The quantitative estimate of drug-likeness (QED) is 0.141. The van der Waals surface area contributed by atoms with Gasteiger partial charge in [-0.3, -0.25) is 0 Å². The number of allylic oxidation sites excluding steroid dienone is 6. The lowest BCUT2D eigenvalue weighted by Crippen LogP contribution is -1.80. The molecule has 0 nitrogen and oxygen atoms in total. The molecule has 0 rings (SSSR count). The van der Waals surface area contributed by atoms with Crippen molar-refractivity contribution < 1.29 is 0 Å². The number of halogens is 1. The first-order chi connectivity index (χ1) is 9.41. The van der Waals surface area contributed by atoms with E-state index in [1.807, 2.05) is 0 Å². The molecule has 110 valence electrons. The van der Waals surface area contributed by atoms with Crippen molar-refractivity contribution in [3.63, 3.8) is 0 Å². The van der Waals surface area contributed by atoms with Crippen LogP contribution >= 0.6 is 22.6 Å². The minimum absolute atomic E-state index is 1.08. The zero-order valence-corrected chi connectivity index (χ0v) is 14.8. The first kappa shape index (κ1) is 18.9. The van der Waals surface area contributed by atoms with E-state index in [2.05, 4.69) is 66.0 Å². The second-order valence-corrected chi connectivity index (χ2v) is 5.97. The molecule has 0 heterocycles. The highest BCUT2D eigenvalue weighted by molar-refractivity contribution is 14.1. The maximum Gasteiger partial charge on any atom is -0.000473 e. The van der Waals surface area contributed by atoms with Crippen molar-refractivity contribution in [2.45, 2.75) is 71.1 Å². The van der Waals surface area contributed by atoms with Crippen molar-refractivity contribution in [1.82, 2.24) is 0 Å². The van der Waals surface area contributed by atoms with Crippen LogP contribution in [0.25, 0.3) is 0 Å². The minimum atomic E-state index is 1.08. The Kier molecular flexibility index (Phi) is 17.9. The van der Waals surface area contributed by atoms with Crippen LogP contribution in [0.1, 0.15) is 71.1 Å². The predicted molar refractivity (Wildman–Crippen MR) is 98.2 cm³/mol. The molecule has 0 unspecified atom stereocenters. The molecular formula is C18H31I. The molecule has 0 N–H and O–H groups in total.